The summed E-state index contributed by atoms with van der Waals surface area (Å²) in [6.07, 6.45) is 3.04. The average molecular weight is 288 g/mol. The van der Waals surface area contributed by atoms with E-state index in [0.717, 1.165) is 37.1 Å². The molecular formula is C16H20N2O3. The van der Waals surface area contributed by atoms with Crippen LogP contribution >= 0.6 is 0 Å². The molecule has 2 heterocycles. The molecule has 2 aliphatic heterocycles. The van der Waals surface area contributed by atoms with Crippen LogP contribution in [0.5, 0.6) is 0 Å². The van der Waals surface area contributed by atoms with Gasteiger partial charge in [0, 0.05) is 31.8 Å². The molecule has 21 heavy (non-hydrogen) atoms. The van der Waals surface area contributed by atoms with Gasteiger partial charge >= 0.3 is 0 Å². The van der Waals surface area contributed by atoms with Gasteiger partial charge in [0.1, 0.15) is 6.10 Å². The van der Waals surface area contributed by atoms with E-state index >= 15 is 0 Å². The fraction of sp³-hybridized carbons (Fsp3) is 0.500. The standard InChI is InChI=1S/C16H20N2O3/c19-15-4-1-9-18(15)13-7-5-12(6-8-13)11-17-16(20)14-3-2-10-21-14/h5-8,14H,1-4,9-11H2,(H,17,20)/t14-/m1/s1. The largest absolute Gasteiger partial charge is 0.368 e. The van der Waals surface area contributed by atoms with Gasteiger partial charge in [-0.15, -0.1) is 0 Å². The van der Waals surface area contributed by atoms with Gasteiger partial charge in [0.05, 0.1) is 0 Å². The first kappa shape index (κ1) is 14.1. The van der Waals surface area contributed by atoms with E-state index in [1.165, 1.54) is 0 Å². The average Bonchev–Trinajstić information content (AvgIpc) is 3.17. The molecule has 0 unspecified atom stereocenters. The van der Waals surface area contributed by atoms with Crippen molar-refractivity contribution in [2.75, 3.05) is 18.1 Å². The number of anilines is 1. The molecule has 1 aromatic carbocycles. The van der Waals surface area contributed by atoms with E-state index < -0.39 is 0 Å². The van der Waals surface area contributed by atoms with Crippen molar-refractivity contribution in [1.82, 2.24) is 5.32 Å². The predicted octanol–water partition coefficient (Wildman–Crippen LogP) is 1.61. The van der Waals surface area contributed by atoms with E-state index in [1.807, 2.05) is 29.2 Å². The lowest BCUT2D eigenvalue weighted by molar-refractivity contribution is -0.130. The Labute approximate surface area is 124 Å². The van der Waals surface area contributed by atoms with E-state index in [4.69, 9.17) is 4.74 Å². The first-order valence-electron chi connectivity index (χ1n) is 7.53. The van der Waals surface area contributed by atoms with Gasteiger partial charge < -0.3 is 15.0 Å². The van der Waals surface area contributed by atoms with Crippen LogP contribution in [0.25, 0.3) is 0 Å². The number of carbonyl (C=O) groups is 2. The molecular weight excluding hydrogens is 268 g/mol. The topological polar surface area (TPSA) is 58.6 Å². The highest BCUT2D eigenvalue weighted by Gasteiger charge is 2.23. The number of amides is 2. The molecule has 1 aromatic rings. The van der Waals surface area contributed by atoms with Crippen LogP contribution in [0.3, 0.4) is 0 Å². The number of rotatable bonds is 4. The smallest absolute Gasteiger partial charge is 0.249 e. The molecule has 1 atom stereocenters. The highest BCUT2D eigenvalue weighted by Crippen LogP contribution is 2.21. The van der Waals surface area contributed by atoms with Gasteiger partial charge in [-0.2, -0.15) is 0 Å². The lowest BCUT2D eigenvalue weighted by Crippen LogP contribution is -2.33. The Bertz CT molecular complexity index is 521. The SMILES string of the molecule is O=C(NCc1ccc(N2CCCC2=O)cc1)[C@H]1CCCO1. The van der Waals surface area contributed by atoms with Crippen molar-refractivity contribution < 1.29 is 14.3 Å². The van der Waals surface area contributed by atoms with Crippen LogP contribution in [0.2, 0.25) is 0 Å². The van der Waals surface area contributed by atoms with E-state index in [2.05, 4.69) is 5.32 Å². The van der Waals surface area contributed by atoms with Crippen LogP contribution in [-0.2, 0) is 20.9 Å². The quantitative estimate of drug-likeness (QED) is 0.915. The number of nitrogens with one attached hydrogen (secondary N) is 1. The molecule has 0 bridgehead atoms. The second kappa shape index (κ2) is 6.26. The zero-order valence-electron chi connectivity index (χ0n) is 12.0. The Morgan fingerprint density at radius 1 is 1.29 bits per heavy atom. The van der Waals surface area contributed by atoms with Crippen molar-refractivity contribution in [2.24, 2.45) is 0 Å². The maximum absolute atomic E-state index is 11.8. The first-order chi connectivity index (χ1) is 10.2. The lowest BCUT2D eigenvalue weighted by atomic mass is 10.2. The minimum absolute atomic E-state index is 0.0358. The van der Waals surface area contributed by atoms with Crippen molar-refractivity contribution in [3.05, 3.63) is 29.8 Å². The summed E-state index contributed by atoms with van der Waals surface area (Å²) in [6, 6.07) is 7.79. The molecule has 0 saturated carbocycles. The van der Waals surface area contributed by atoms with Gasteiger partial charge in [-0.05, 0) is 37.0 Å². The van der Waals surface area contributed by atoms with Crippen molar-refractivity contribution in [1.29, 1.82) is 0 Å². The second-order valence-corrected chi connectivity index (χ2v) is 5.53. The summed E-state index contributed by atoms with van der Waals surface area (Å²) in [5.74, 6) is 0.153. The zero-order valence-corrected chi connectivity index (χ0v) is 12.0. The van der Waals surface area contributed by atoms with Gasteiger partial charge in [0.25, 0.3) is 0 Å². The predicted molar refractivity (Wildman–Crippen MR) is 78.8 cm³/mol. The van der Waals surface area contributed by atoms with Crippen LogP contribution in [-0.4, -0.2) is 31.1 Å². The molecule has 0 spiro atoms. The van der Waals surface area contributed by atoms with Gasteiger partial charge in [0.15, 0.2) is 0 Å². The highest BCUT2D eigenvalue weighted by molar-refractivity contribution is 5.95. The number of hydrogen-bond acceptors (Lipinski definition) is 3. The second-order valence-electron chi connectivity index (χ2n) is 5.53. The number of nitrogens with zero attached hydrogens (tertiary/aromatic N) is 1. The van der Waals surface area contributed by atoms with Crippen molar-refractivity contribution in [3.63, 3.8) is 0 Å². The molecule has 1 N–H and O–H groups in total. The number of benzene rings is 1. The van der Waals surface area contributed by atoms with Crippen LogP contribution < -0.4 is 10.2 Å². The summed E-state index contributed by atoms with van der Waals surface area (Å²) in [5, 5.41) is 2.89. The van der Waals surface area contributed by atoms with Crippen molar-refractivity contribution >= 4 is 17.5 Å². The van der Waals surface area contributed by atoms with E-state index in [9.17, 15) is 9.59 Å². The van der Waals surface area contributed by atoms with Gasteiger partial charge in [0.2, 0.25) is 11.8 Å². The maximum Gasteiger partial charge on any atom is 0.249 e. The van der Waals surface area contributed by atoms with E-state index in [0.29, 0.717) is 19.6 Å². The molecule has 0 aromatic heterocycles. The minimum atomic E-state index is -0.286. The molecule has 0 radical (unpaired) electrons. The molecule has 3 rings (SSSR count). The minimum Gasteiger partial charge on any atom is -0.368 e. The van der Waals surface area contributed by atoms with Crippen LogP contribution in [0.1, 0.15) is 31.2 Å². The molecule has 0 aliphatic carbocycles. The third-order valence-electron chi connectivity index (χ3n) is 4.01. The number of carbonyl (C=O) groups excluding carboxylic acids is 2. The lowest BCUT2D eigenvalue weighted by Gasteiger charge is -2.16. The van der Waals surface area contributed by atoms with E-state index in [-0.39, 0.29) is 17.9 Å². The van der Waals surface area contributed by atoms with Crippen molar-refractivity contribution in [2.45, 2.75) is 38.3 Å². The van der Waals surface area contributed by atoms with E-state index in [1.54, 1.807) is 0 Å². The Kier molecular flexibility index (Phi) is 4.20. The van der Waals surface area contributed by atoms with Crippen molar-refractivity contribution in [3.8, 4) is 0 Å². The summed E-state index contributed by atoms with van der Waals surface area (Å²) in [7, 11) is 0. The Hall–Kier alpha value is -1.88. The Morgan fingerprint density at radius 3 is 2.71 bits per heavy atom. The van der Waals surface area contributed by atoms with Gasteiger partial charge in [-0.3, -0.25) is 9.59 Å². The highest BCUT2D eigenvalue weighted by atomic mass is 16.5. The van der Waals surface area contributed by atoms with Gasteiger partial charge in [-0.25, -0.2) is 0 Å². The molecule has 2 amide bonds. The summed E-state index contributed by atoms with van der Waals surface area (Å²) in [5.41, 5.74) is 1.96. The van der Waals surface area contributed by atoms with Crippen LogP contribution in [0, 0.1) is 0 Å². The normalized spacial score (nSPS) is 21.8. The maximum atomic E-state index is 11.8. The number of hydrogen-bond donors (Lipinski definition) is 1. The third kappa shape index (κ3) is 3.24. The monoisotopic (exact) mass is 288 g/mol. The van der Waals surface area contributed by atoms with Crippen LogP contribution in [0.15, 0.2) is 24.3 Å². The summed E-state index contributed by atoms with van der Waals surface area (Å²) in [6.45, 7) is 1.97. The fourth-order valence-electron chi connectivity index (χ4n) is 2.80. The molecule has 112 valence electrons. The molecule has 2 saturated heterocycles. The Morgan fingerprint density at radius 2 is 2.10 bits per heavy atom. The summed E-state index contributed by atoms with van der Waals surface area (Å²) < 4.78 is 5.35. The first-order valence-corrected chi connectivity index (χ1v) is 7.53. The summed E-state index contributed by atoms with van der Waals surface area (Å²) >= 11 is 0. The number of ether oxygens (including phenoxy) is 1. The summed E-state index contributed by atoms with van der Waals surface area (Å²) in [4.78, 5) is 25.3. The van der Waals surface area contributed by atoms with Crippen LogP contribution in [0.4, 0.5) is 5.69 Å². The third-order valence-corrected chi connectivity index (χ3v) is 4.01. The molecule has 5 heteroatoms. The molecule has 5 nitrogen and oxygen atoms in total. The zero-order chi connectivity index (χ0) is 14.7. The molecule has 2 fully saturated rings. The fourth-order valence-corrected chi connectivity index (χ4v) is 2.80. The Balaban J connectivity index is 1.54. The van der Waals surface area contributed by atoms with Gasteiger partial charge in [-0.1, -0.05) is 12.1 Å². The molecule has 2 aliphatic rings.